The number of phosphoric acid groups is 3. The molecular weight excluding hydrogens is 1210 g/mol. The van der Waals surface area contributed by atoms with Crippen molar-refractivity contribution in [3.63, 3.8) is 0 Å². The van der Waals surface area contributed by atoms with Crippen LogP contribution in [0.2, 0.25) is 10.0 Å². The molecule has 3 heterocycles. The van der Waals surface area contributed by atoms with Gasteiger partial charge in [0.2, 0.25) is 5.43 Å². The molecule has 0 bridgehead atoms. The minimum Gasteiger partial charge on any atom is -0.503 e. The number of halogens is 2. The van der Waals surface area contributed by atoms with E-state index < -0.39 is 130 Å². The summed E-state index contributed by atoms with van der Waals surface area (Å²) in [4.78, 5) is 117. The number of carboxylic acid groups (broad SMARTS) is 1. The highest BCUT2D eigenvalue weighted by molar-refractivity contribution is 7.66. The lowest BCUT2D eigenvalue weighted by Crippen LogP contribution is -2.35. The number of carboxylic acids is 1. The summed E-state index contributed by atoms with van der Waals surface area (Å²) >= 11 is 13.0. The Morgan fingerprint density at radius 2 is 1.61 bits per heavy atom. The summed E-state index contributed by atoms with van der Waals surface area (Å²) in [7, 11) is -13.5. The average Bonchev–Trinajstić information content (AvgIpc) is 3.32. The first-order valence-electron chi connectivity index (χ1n) is 23.5. The highest BCUT2D eigenvalue weighted by Gasteiger charge is 2.43. The van der Waals surface area contributed by atoms with Crippen LogP contribution in [-0.4, -0.2) is 108 Å². The van der Waals surface area contributed by atoms with Gasteiger partial charge in [0.15, 0.2) is 28.6 Å². The van der Waals surface area contributed by atoms with Crippen molar-refractivity contribution in [2.24, 2.45) is 5.41 Å². The molecule has 1 aliphatic carbocycles. The number of phenolic OH excluding ortho intramolecular Hbond substituents is 1. The number of nitro groups is 1. The first-order chi connectivity index (χ1) is 38.7. The van der Waals surface area contributed by atoms with E-state index in [2.05, 4.69) is 35.3 Å². The molecular formula is C48H47Cl2N4O26P3. The van der Waals surface area contributed by atoms with Gasteiger partial charge in [-0.25, -0.2) is 23.3 Å². The highest BCUT2D eigenvalue weighted by atomic mass is 35.5. The fraction of sp³-hybridized carbons (Fsp3) is 0.312. The number of phosphoric ester groups is 1. The van der Waals surface area contributed by atoms with Gasteiger partial charge in [-0.3, -0.25) is 38.6 Å². The van der Waals surface area contributed by atoms with Crippen molar-refractivity contribution in [1.82, 2.24) is 14.9 Å². The SMILES string of the molecule is COc1cc([C@@H](OCc2cn([C@H]3C[C@@H](O)[C@@H](COP(=O)(O)OP(=O)(O)OP(=O)(O)O)O3)c(=O)[nH]c2=O)C(C)(C)C)c([N+](=O)[O-])cc1C#CCNC(=O)c1ccc(C(=O)O)c(-c2c3cc(OC)c(=O)c(Cl)c-3oc3c(Cl)c(O)c(OC)cc23)c1. The van der Waals surface area contributed by atoms with Crippen LogP contribution < -0.4 is 36.2 Å². The summed E-state index contributed by atoms with van der Waals surface area (Å²) in [6, 6.07) is 8.53. The number of phenols is 1. The number of benzene rings is 4. The zero-order valence-electron chi connectivity index (χ0n) is 43.6. The van der Waals surface area contributed by atoms with Gasteiger partial charge in [0.1, 0.15) is 28.1 Å². The molecule has 0 spiro atoms. The maximum Gasteiger partial charge on any atom is 0.490 e. The number of methoxy groups -OCH3 is 3. The van der Waals surface area contributed by atoms with Gasteiger partial charge in [0.25, 0.3) is 17.2 Å². The lowest BCUT2D eigenvalue weighted by Gasteiger charge is -2.31. The molecule has 83 heavy (non-hydrogen) atoms. The Labute approximate surface area is 475 Å². The second-order valence-electron chi connectivity index (χ2n) is 18.8. The Morgan fingerprint density at radius 1 is 0.940 bits per heavy atom. The van der Waals surface area contributed by atoms with E-state index in [1.807, 2.05) is 0 Å². The quantitative estimate of drug-likeness (QED) is 0.0136. The first-order valence-corrected chi connectivity index (χ1v) is 28.8. The molecule has 2 unspecified atom stereocenters. The lowest BCUT2D eigenvalue weighted by atomic mass is 9.83. The topological polar surface area (TPSA) is 441 Å². The largest absolute Gasteiger partial charge is 0.503 e. The predicted octanol–water partition coefficient (Wildman–Crippen LogP) is 6.14. The number of fused-ring (bicyclic) bond motifs is 2. The smallest absolute Gasteiger partial charge is 0.490 e. The molecule has 2 aliphatic heterocycles. The number of nitro benzene ring substituents is 1. The van der Waals surface area contributed by atoms with Crippen LogP contribution in [0.25, 0.3) is 33.4 Å². The van der Waals surface area contributed by atoms with E-state index in [9.17, 15) is 72.9 Å². The molecule has 9 N–H and O–H groups in total. The molecule has 1 amide bonds. The molecule has 35 heteroatoms. The number of H-pyrrole nitrogens is 1. The van der Waals surface area contributed by atoms with Crippen molar-refractivity contribution < 1.29 is 104 Å². The second kappa shape index (κ2) is 24.7. The summed E-state index contributed by atoms with van der Waals surface area (Å²) < 4.78 is 81.5. The summed E-state index contributed by atoms with van der Waals surface area (Å²) in [6.07, 6.45) is -5.15. The summed E-state index contributed by atoms with van der Waals surface area (Å²) in [5.74, 6) is 2.01. The van der Waals surface area contributed by atoms with Crippen LogP contribution >= 0.6 is 46.7 Å². The van der Waals surface area contributed by atoms with Crippen molar-refractivity contribution >= 4 is 75.2 Å². The number of hydrogen-bond acceptors (Lipinski definition) is 21. The van der Waals surface area contributed by atoms with Crippen LogP contribution in [0.15, 0.2) is 67.5 Å². The number of hydrogen-bond donors (Lipinski definition) is 9. The molecule has 444 valence electrons. The van der Waals surface area contributed by atoms with Crippen LogP contribution in [0.1, 0.15) is 76.9 Å². The Kier molecular flexibility index (Phi) is 18.9. The van der Waals surface area contributed by atoms with Gasteiger partial charge < -0.3 is 68.3 Å². The molecule has 30 nitrogen and oxygen atoms in total. The number of rotatable bonds is 20. The molecule has 7 rings (SSSR count). The van der Waals surface area contributed by atoms with Gasteiger partial charge in [0.05, 0.1) is 80.5 Å². The van der Waals surface area contributed by atoms with Crippen molar-refractivity contribution in [3.8, 4) is 57.3 Å². The van der Waals surface area contributed by atoms with Crippen molar-refractivity contribution in [2.75, 3.05) is 34.5 Å². The lowest BCUT2D eigenvalue weighted by molar-refractivity contribution is -0.386. The molecule has 1 fully saturated rings. The van der Waals surface area contributed by atoms with Gasteiger partial charge >= 0.3 is 35.1 Å². The number of aromatic nitrogens is 2. The fourth-order valence-electron chi connectivity index (χ4n) is 8.60. The molecule has 1 saturated heterocycles. The number of aliphatic hydroxyl groups is 1. The van der Waals surface area contributed by atoms with Crippen molar-refractivity contribution in [1.29, 1.82) is 0 Å². The normalized spacial score (nSPS) is 17.2. The van der Waals surface area contributed by atoms with Gasteiger partial charge in [-0.15, -0.1) is 0 Å². The monoisotopic (exact) mass is 1260 g/mol. The van der Waals surface area contributed by atoms with Gasteiger partial charge in [-0.1, -0.05) is 55.8 Å². The number of aromatic carboxylic acids is 1. The number of aromatic hydroxyl groups is 1. The maximum atomic E-state index is 13.8. The van der Waals surface area contributed by atoms with Crippen LogP contribution in [0.3, 0.4) is 0 Å². The second-order valence-corrected chi connectivity index (χ2v) is 24.0. The standard InChI is InChI=1S/C48H47Cl2N4O26P3/c1-48(2,3)43(75-19-23-18-53(47(62)52-45(23)59)35-17-30(55)34(77-35)20-76-82(68,69)80-83(70,71)79-81(65,66)67)26-14-31(72-4)21(13-29(26)54(63)64)8-7-11-51-44(58)22-9-10-24(46(60)61)25(12-22)36-27-15-32(73-5)39(56)37(49)41(27)78-42-28(36)16-33(74-6)40(57)38(42)50/h9-10,12-16,18,30,34-35,43,55-56H,11,17,19-20H2,1-6H3,(H,51,58)(H,60,61)(H,68,69)(H,70,71)(H,52,59,62)(H2,65,66,67)/t30-,34-,35-,43-/m1/s1. The van der Waals surface area contributed by atoms with E-state index in [4.69, 9.17) is 61.1 Å². The third-order valence-corrected chi connectivity index (χ3v) is 16.7. The number of aromatic amines is 1. The predicted molar refractivity (Wildman–Crippen MR) is 288 cm³/mol. The van der Waals surface area contributed by atoms with Gasteiger partial charge in [-0.05, 0) is 47.4 Å². The number of ether oxygens (including phenoxy) is 5. The molecule has 0 radical (unpaired) electrons. The van der Waals surface area contributed by atoms with Crippen LogP contribution in [0.5, 0.6) is 23.0 Å². The third kappa shape index (κ3) is 14.2. The number of nitrogens with one attached hydrogen (secondary N) is 2. The van der Waals surface area contributed by atoms with E-state index >= 15 is 0 Å². The van der Waals surface area contributed by atoms with E-state index in [0.29, 0.717) is 0 Å². The highest BCUT2D eigenvalue weighted by Crippen LogP contribution is 2.66. The number of aliphatic hydroxyl groups excluding tert-OH is 1. The molecule has 4 aromatic rings. The zero-order chi connectivity index (χ0) is 61.4. The van der Waals surface area contributed by atoms with Crippen molar-refractivity contribution in [2.45, 2.75) is 58.3 Å². The summed E-state index contributed by atoms with van der Waals surface area (Å²) in [6.45, 7) is 2.92. The molecule has 1 aromatic heterocycles. The zero-order valence-corrected chi connectivity index (χ0v) is 47.8. The Balaban J connectivity index is 1.13. The average molecular weight is 1260 g/mol. The van der Waals surface area contributed by atoms with Crippen LogP contribution in [-0.2, 0) is 42.9 Å². The van der Waals surface area contributed by atoms with E-state index in [0.717, 1.165) is 22.9 Å². The molecule has 3 aliphatic rings. The molecule has 3 aromatic carbocycles. The van der Waals surface area contributed by atoms with E-state index in [-0.39, 0.29) is 83.5 Å². The Hall–Kier alpha value is -7.00. The summed E-state index contributed by atoms with van der Waals surface area (Å²) in [5.41, 5.74) is -5.34. The number of carbonyl (C=O) groups excluding carboxylic acids is 1. The fourth-order valence-corrected chi connectivity index (χ4v) is 12.1. The third-order valence-electron chi connectivity index (χ3n) is 12.2. The van der Waals surface area contributed by atoms with Gasteiger partial charge in [0, 0.05) is 40.8 Å². The molecule has 6 atom stereocenters. The van der Waals surface area contributed by atoms with E-state index in [1.165, 1.54) is 51.7 Å². The minimum absolute atomic E-state index is 0.00180. The Bertz CT molecular complexity index is 3980. The minimum atomic E-state index is -5.87. The summed E-state index contributed by atoms with van der Waals surface area (Å²) in [5, 5.41) is 46.4. The van der Waals surface area contributed by atoms with Gasteiger partial charge in [-0.2, -0.15) is 8.62 Å². The van der Waals surface area contributed by atoms with Crippen LogP contribution in [0.4, 0.5) is 5.69 Å². The number of amides is 1. The Morgan fingerprint density at radius 3 is 2.23 bits per heavy atom. The number of carbonyl (C=O) groups is 2. The first kappa shape index (κ1) is 63.6. The van der Waals surface area contributed by atoms with E-state index in [1.54, 1.807) is 20.8 Å². The van der Waals surface area contributed by atoms with Crippen molar-refractivity contribution in [3.05, 3.63) is 128 Å². The maximum absolute atomic E-state index is 13.8. The number of nitrogens with zero attached hydrogens (tertiary/aromatic N) is 2. The van der Waals surface area contributed by atoms with Crippen LogP contribution in [0, 0.1) is 27.4 Å². The molecule has 0 saturated carbocycles.